The molecule has 5 nitrogen and oxygen atoms in total. The van der Waals surface area contributed by atoms with Crippen LogP contribution in [0, 0.1) is 5.82 Å². The van der Waals surface area contributed by atoms with Gasteiger partial charge in [0, 0.05) is 42.8 Å². The molecule has 0 N–H and O–H groups in total. The van der Waals surface area contributed by atoms with Crippen molar-refractivity contribution in [3.63, 3.8) is 0 Å². The van der Waals surface area contributed by atoms with E-state index in [4.69, 9.17) is 4.74 Å². The van der Waals surface area contributed by atoms with Gasteiger partial charge < -0.3 is 4.74 Å². The minimum Gasteiger partial charge on any atom is -0.496 e. The van der Waals surface area contributed by atoms with Crippen LogP contribution in [0.2, 0.25) is 0 Å². The van der Waals surface area contributed by atoms with Crippen molar-refractivity contribution in [1.82, 2.24) is 9.21 Å². The van der Waals surface area contributed by atoms with Gasteiger partial charge in [-0.15, -0.1) is 0 Å². The van der Waals surface area contributed by atoms with E-state index >= 15 is 0 Å². The molecule has 0 radical (unpaired) electrons. The van der Waals surface area contributed by atoms with Gasteiger partial charge in [-0.1, -0.05) is 28.1 Å². The second-order valence-electron chi connectivity index (χ2n) is 6.07. The van der Waals surface area contributed by atoms with Crippen molar-refractivity contribution >= 4 is 26.0 Å². The number of piperazine rings is 1. The Morgan fingerprint density at radius 1 is 1.12 bits per heavy atom. The fourth-order valence-corrected chi connectivity index (χ4v) is 4.93. The second kappa shape index (κ2) is 8.04. The van der Waals surface area contributed by atoms with E-state index < -0.39 is 15.8 Å². The summed E-state index contributed by atoms with van der Waals surface area (Å²) in [6, 6.07) is 11.3. The summed E-state index contributed by atoms with van der Waals surface area (Å²) in [6.07, 6.45) is 0. The Labute approximate surface area is 161 Å². The Morgan fingerprint density at radius 3 is 2.46 bits per heavy atom. The van der Waals surface area contributed by atoms with Gasteiger partial charge in [0.2, 0.25) is 10.0 Å². The molecule has 0 amide bonds. The van der Waals surface area contributed by atoms with E-state index in [0.717, 1.165) is 15.8 Å². The highest BCUT2D eigenvalue weighted by molar-refractivity contribution is 9.10. The fourth-order valence-electron chi connectivity index (χ4n) is 3.03. The number of sulfonamides is 1. The molecule has 0 bridgehead atoms. The van der Waals surface area contributed by atoms with Crippen LogP contribution in [0.3, 0.4) is 0 Å². The van der Waals surface area contributed by atoms with E-state index in [1.807, 2.05) is 18.2 Å². The van der Waals surface area contributed by atoms with Crippen LogP contribution < -0.4 is 4.74 Å². The predicted octanol–water partition coefficient (Wildman–Crippen LogP) is 3.10. The number of benzene rings is 2. The molecule has 2 aromatic rings. The van der Waals surface area contributed by atoms with Gasteiger partial charge in [-0.05, 0) is 30.3 Å². The average molecular weight is 443 g/mol. The van der Waals surface area contributed by atoms with Crippen LogP contribution in [0.4, 0.5) is 4.39 Å². The van der Waals surface area contributed by atoms with Gasteiger partial charge in [-0.3, -0.25) is 4.90 Å². The van der Waals surface area contributed by atoms with Gasteiger partial charge in [0.25, 0.3) is 0 Å². The maximum atomic E-state index is 13.9. The summed E-state index contributed by atoms with van der Waals surface area (Å²) in [5.41, 5.74) is 1.03. The Morgan fingerprint density at radius 2 is 1.81 bits per heavy atom. The molecular formula is C18H20BrFN2O3S. The highest BCUT2D eigenvalue weighted by Gasteiger charge is 2.30. The molecule has 8 heteroatoms. The third-order valence-electron chi connectivity index (χ3n) is 4.42. The normalized spacial score (nSPS) is 16.6. The molecule has 0 aromatic heterocycles. The number of ether oxygens (including phenoxy) is 1. The zero-order valence-corrected chi connectivity index (χ0v) is 16.8. The lowest BCUT2D eigenvalue weighted by Crippen LogP contribution is -2.48. The Kier molecular flexibility index (Phi) is 5.96. The van der Waals surface area contributed by atoms with E-state index in [1.54, 1.807) is 7.11 Å². The molecule has 0 spiro atoms. The summed E-state index contributed by atoms with van der Waals surface area (Å²) in [4.78, 5) is 1.90. The third-order valence-corrected chi connectivity index (χ3v) is 6.85. The molecule has 3 rings (SSSR count). The topological polar surface area (TPSA) is 49.9 Å². The standard InChI is InChI=1S/C18H20BrFN2O3S/c1-25-17-7-6-15(19)12-14(17)13-21-8-10-22(11-9-21)26(23,24)18-5-3-2-4-16(18)20/h2-7,12H,8-11,13H2,1H3. The smallest absolute Gasteiger partial charge is 0.246 e. The molecule has 1 saturated heterocycles. The van der Waals surface area contributed by atoms with Gasteiger partial charge in [-0.2, -0.15) is 4.31 Å². The van der Waals surface area contributed by atoms with Gasteiger partial charge in [0.15, 0.2) is 0 Å². The molecule has 1 aliphatic rings. The van der Waals surface area contributed by atoms with Gasteiger partial charge >= 0.3 is 0 Å². The van der Waals surface area contributed by atoms with Crippen LogP contribution in [0.5, 0.6) is 5.75 Å². The van der Waals surface area contributed by atoms with Crippen LogP contribution >= 0.6 is 15.9 Å². The van der Waals surface area contributed by atoms with E-state index in [9.17, 15) is 12.8 Å². The van der Waals surface area contributed by atoms with Crippen molar-refractivity contribution in [2.45, 2.75) is 11.4 Å². The zero-order chi connectivity index (χ0) is 18.7. The maximum absolute atomic E-state index is 13.9. The van der Waals surface area contributed by atoms with Crippen LogP contribution in [-0.4, -0.2) is 50.9 Å². The monoisotopic (exact) mass is 442 g/mol. The van der Waals surface area contributed by atoms with Gasteiger partial charge in [0.1, 0.15) is 16.5 Å². The van der Waals surface area contributed by atoms with E-state index in [0.29, 0.717) is 32.7 Å². The highest BCUT2D eigenvalue weighted by Crippen LogP contribution is 2.26. The number of methoxy groups -OCH3 is 1. The lowest BCUT2D eigenvalue weighted by Gasteiger charge is -2.34. The van der Waals surface area contributed by atoms with Crippen molar-refractivity contribution in [2.24, 2.45) is 0 Å². The van der Waals surface area contributed by atoms with Crippen molar-refractivity contribution in [3.05, 3.63) is 58.3 Å². The summed E-state index contributed by atoms with van der Waals surface area (Å²) < 4.78 is 46.9. The molecular weight excluding hydrogens is 423 g/mol. The molecule has 0 aliphatic carbocycles. The first kappa shape index (κ1) is 19.3. The lowest BCUT2D eigenvalue weighted by atomic mass is 10.2. The molecule has 2 aromatic carbocycles. The van der Waals surface area contributed by atoms with E-state index in [-0.39, 0.29) is 4.90 Å². The minimum absolute atomic E-state index is 0.262. The molecule has 1 fully saturated rings. The first-order valence-electron chi connectivity index (χ1n) is 8.21. The predicted molar refractivity (Wildman–Crippen MR) is 101 cm³/mol. The largest absolute Gasteiger partial charge is 0.496 e. The third kappa shape index (κ3) is 4.09. The van der Waals surface area contributed by atoms with E-state index in [1.165, 1.54) is 28.6 Å². The Balaban J connectivity index is 1.68. The minimum atomic E-state index is -3.81. The summed E-state index contributed by atoms with van der Waals surface area (Å²) >= 11 is 3.46. The van der Waals surface area contributed by atoms with Crippen molar-refractivity contribution in [1.29, 1.82) is 0 Å². The fraction of sp³-hybridized carbons (Fsp3) is 0.333. The molecule has 140 valence electrons. The molecule has 0 unspecified atom stereocenters. The average Bonchev–Trinajstić information content (AvgIpc) is 2.62. The van der Waals surface area contributed by atoms with Crippen molar-refractivity contribution < 1.29 is 17.5 Å². The highest BCUT2D eigenvalue weighted by atomic mass is 79.9. The molecule has 26 heavy (non-hydrogen) atoms. The Bertz CT molecular complexity index is 884. The van der Waals surface area contributed by atoms with Crippen LogP contribution in [0.25, 0.3) is 0 Å². The number of nitrogens with zero attached hydrogens (tertiary/aromatic N) is 2. The lowest BCUT2D eigenvalue weighted by molar-refractivity contribution is 0.179. The number of hydrogen-bond acceptors (Lipinski definition) is 4. The maximum Gasteiger partial charge on any atom is 0.246 e. The van der Waals surface area contributed by atoms with Crippen LogP contribution in [0.15, 0.2) is 51.8 Å². The molecule has 0 saturated carbocycles. The quantitative estimate of drug-likeness (QED) is 0.713. The Hall–Kier alpha value is -1.48. The second-order valence-corrected chi connectivity index (χ2v) is 8.89. The van der Waals surface area contributed by atoms with Crippen LogP contribution in [0.1, 0.15) is 5.56 Å². The zero-order valence-electron chi connectivity index (χ0n) is 14.4. The van der Waals surface area contributed by atoms with Crippen LogP contribution in [-0.2, 0) is 16.6 Å². The van der Waals surface area contributed by atoms with E-state index in [2.05, 4.69) is 20.8 Å². The molecule has 0 atom stereocenters. The van der Waals surface area contributed by atoms with Gasteiger partial charge in [0.05, 0.1) is 7.11 Å². The summed E-state index contributed by atoms with van der Waals surface area (Å²) in [6.45, 7) is 2.46. The SMILES string of the molecule is COc1ccc(Br)cc1CN1CCN(S(=O)(=O)c2ccccc2F)CC1. The first-order valence-corrected chi connectivity index (χ1v) is 10.4. The van der Waals surface area contributed by atoms with Crippen molar-refractivity contribution in [3.8, 4) is 5.75 Å². The molecule has 1 aliphatic heterocycles. The van der Waals surface area contributed by atoms with Gasteiger partial charge in [-0.25, -0.2) is 12.8 Å². The van der Waals surface area contributed by atoms with Crippen molar-refractivity contribution in [2.75, 3.05) is 33.3 Å². The summed E-state index contributed by atoms with van der Waals surface area (Å²) in [5.74, 6) is 0.0865. The number of rotatable bonds is 5. The summed E-state index contributed by atoms with van der Waals surface area (Å²) in [5, 5.41) is 0. The summed E-state index contributed by atoms with van der Waals surface area (Å²) in [7, 11) is -2.18. The number of hydrogen-bond donors (Lipinski definition) is 0. The first-order chi connectivity index (χ1) is 12.4. The number of halogens is 2. The molecule has 1 heterocycles.